The quantitative estimate of drug-likeness (QED) is 0.184. The molecule has 38 heavy (non-hydrogen) atoms. The Balaban J connectivity index is 1.30. The van der Waals surface area contributed by atoms with Crippen LogP contribution >= 0.6 is 11.8 Å². The van der Waals surface area contributed by atoms with Gasteiger partial charge in [0.05, 0.1) is 19.6 Å². The van der Waals surface area contributed by atoms with E-state index in [1.54, 1.807) is 18.9 Å². The van der Waals surface area contributed by atoms with Gasteiger partial charge in [-0.25, -0.2) is 0 Å². The topological polar surface area (TPSA) is 86.5 Å². The number of carbonyl (C=O) groups excluding carboxylic acids is 2. The predicted molar refractivity (Wildman–Crippen MR) is 148 cm³/mol. The number of esters is 1. The van der Waals surface area contributed by atoms with Gasteiger partial charge in [0.2, 0.25) is 5.91 Å². The summed E-state index contributed by atoms with van der Waals surface area (Å²) in [5.41, 5.74) is 2.17. The van der Waals surface area contributed by atoms with Crippen molar-refractivity contribution < 1.29 is 19.1 Å². The number of unbranched alkanes of at least 4 members (excludes halogenated alkanes) is 1. The van der Waals surface area contributed by atoms with Gasteiger partial charge in [-0.15, -0.1) is 10.2 Å². The molecule has 2 aromatic carbocycles. The average Bonchev–Trinajstić information content (AvgIpc) is 3.35. The predicted octanol–water partition coefficient (Wildman–Crippen LogP) is 4.93. The summed E-state index contributed by atoms with van der Waals surface area (Å²) >= 11 is 1.66. The Morgan fingerprint density at radius 1 is 1.00 bits per heavy atom. The van der Waals surface area contributed by atoms with E-state index in [-0.39, 0.29) is 17.8 Å². The van der Waals surface area contributed by atoms with Crippen LogP contribution in [0, 0.1) is 5.92 Å². The van der Waals surface area contributed by atoms with Crippen LogP contribution in [-0.4, -0.2) is 64.1 Å². The maximum absolute atomic E-state index is 12.7. The van der Waals surface area contributed by atoms with E-state index in [0.29, 0.717) is 45.4 Å². The summed E-state index contributed by atoms with van der Waals surface area (Å²) in [6, 6.07) is 18.2. The number of likely N-dealkylation sites (tertiary alicyclic amines) is 1. The number of piperidine rings is 1. The number of hydrogen-bond donors (Lipinski definition) is 0. The third-order valence-electron chi connectivity index (χ3n) is 6.72. The molecule has 0 aliphatic carbocycles. The molecule has 0 bridgehead atoms. The summed E-state index contributed by atoms with van der Waals surface area (Å²) in [6.07, 6.45) is 4.30. The largest absolute Gasteiger partial charge is 0.497 e. The van der Waals surface area contributed by atoms with Crippen molar-refractivity contribution in [3.63, 3.8) is 0 Å². The Morgan fingerprint density at radius 3 is 2.42 bits per heavy atom. The number of ether oxygens (including phenoxy) is 2. The van der Waals surface area contributed by atoms with E-state index in [2.05, 4.69) is 26.9 Å². The van der Waals surface area contributed by atoms with Crippen molar-refractivity contribution in [2.45, 2.75) is 50.6 Å². The zero-order chi connectivity index (χ0) is 26.7. The number of nitrogens with zero attached hydrogens (tertiary/aromatic N) is 4. The molecule has 0 atom stereocenters. The van der Waals surface area contributed by atoms with Gasteiger partial charge in [0, 0.05) is 37.4 Å². The second-order valence-corrected chi connectivity index (χ2v) is 10.4. The highest BCUT2D eigenvalue weighted by atomic mass is 32.2. The first kappa shape index (κ1) is 27.7. The Bertz CT molecular complexity index is 1180. The molecular weight excluding hydrogens is 500 g/mol. The molecule has 4 rings (SSSR count). The molecule has 1 amide bonds. The van der Waals surface area contributed by atoms with Crippen LogP contribution in [0.15, 0.2) is 59.8 Å². The van der Waals surface area contributed by atoms with Gasteiger partial charge < -0.3 is 14.4 Å². The maximum Gasteiger partial charge on any atom is 0.309 e. The summed E-state index contributed by atoms with van der Waals surface area (Å²) in [4.78, 5) is 26.5. The molecular formula is C29H36N4O4S. The fourth-order valence-corrected chi connectivity index (χ4v) is 5.57. The number of amides is 1. The first-order valence-corrected chi connectivity index (χ1v) is 14.3. The van der Waals surface area contributed by atoms with E-state index < -0.39 is 0 Å². The molecule has 0 N–H and O–H groups in total. The van der Waals surface area contributed by atoms with Gasteiger partial charge in [0.1, 0.15) is 11.6 Å². The fourth-order valence-electron chi connectivity index (χ4n) is 4.60. The lowest BCUT2D eigenvalue weighted by molar-refractivity contribution is -0.151. The summed E-state index contributed by atoms with van der Waals surface area (Å²) in [6.45, 7) is 3.49. The molecule has 0 saturated carbocycles. The average molecular weight is 537 g/mol. The molecule has 1 saturated heterocycles. The number of rotatable bonds is 12. The Kier molecular flexibility index (Phi) is 10.2. The lowest BCUT2D eigenvalue weighted by atomic mass is 9.96. The van der Waals surface area contributed by atoms with Gasteiger partial charge in [0.25, 0.3) is 0 Å². The molecule has 0 spiro atoms. The van der Waals surface area contributed by atoms with Crippen LogP contribution in [0.5, 0.6) is 5.75 Å². The lowest BCUT2D eigenvalue weighted by Crippen LogP contribution is -2.40. The summed E-state index contributed by atoms with van der Waals surface area (Å²) in [5.74, 6) is 2.48. The molecule has 3 aromatic rings. The van der Waals surface area contributed by atoms with Crippen LogP contribution in [0.3, 0.4) is 0 Å². The Hall–Kier alpha value is -3.33. The normalized spacial score (nSPS) is 13.9. The molecule has 1 aromatic heterocycles. The highest BCUT2D eigenvalue weighted by molar-refractivity contribution is 7.99. The third kappa shape index (κ3) is 7.37. The molecule has 0 unspecified atom stereocenters. The SMILES string of the molecule is CCOC(=O)C1CCN(C(=O)CCCCSc2nnc(Cc3ccccc3)n2-c2ccc(OC)cc2)CC1. The van der Waals surface area contributed by atoms with Crippen LogP contribution in [0.4, 0.5) is 0 Å². The van der Waals surface area contributed by atoms with Gasteiger partial charge in [0.15, 0.2) is 5.16 Å². The molecule has 8 nitrogen and oxygen atoms in total. The van der Waals surface area contributed by atoms with E-state index in [0.717, 1.165) is 41.0 Å². The van der Waals surface area contributed by atoms with Crippen LogP contribution in [-0.2, 0) is 20.7 Å². The van der Waals surface area contributed by atoms with Gasteiger partial charge >= 0.3 is 5.97 Å². The van der Waals surface area contributed by atoms with E-state index in [1.165, 1.54) is 5.56 Å². The molecule has 1 aliphatic heterocycles. The zero-order valence-corrected chi connectivity index (χ0v) is 23.0. The highest BCUT2D eigenvalue weighted by Crippen LogP contribution is 2.26. The van der Waals surface area contributed by atoms with E-state index in [9.17, 15) is 9.59 Å². The van der Waals surface area contributed by atoms with E-state index in [4.69, 9.17) is 9.47 Å². The lowest BCUT2D eigenvalue weighted by Gasteiger charge is -2.31. The van der Waals surface area contributed by atoms with Crippen molar-refractivity contribution in [3.8, 4) is 11.4 Å². The fraction of sp³-hybridized carbons (Fsp3) is 0.448. The number of benzene rings is 2. The van der Waals surface area contributed by atoms with Gasteiger partial charge in [-0.3, -0.25) is 14.2 Å². The van der Waals surface area contributed by atoms with Crippen molar-refractivity contribution in [2.75, 3.05) is 32.6 Å². The Labute approximate surface area is 228 Å². The molecule has 202 valence electrons. The minimum absolute atomic E-state index is 0.0785. The van der Waals surface area contributed by atoms with Crippen molar-refractivity contribution in [3.05, 3.63) is 66.0 Å². The maximum atomic E-state index is 12.7. The number of methoxy groups -OCH3 is 1. The van der Waals surface area contributed by atoms with E-state index in [1.807, 2.05) is 54.3 Å². The minimum atomic E-state index is -0.133. The zero-order valence-electron chi connectivity index (χ0n) is 22.2. The number of aromatic nitrogens is 3. The van der Waals surface area contributed by atoms with Crippen LogP contribution in [0.25, 0.3) is 5.69 Å². The number of thioether (sulfide) groups is 1. The van der Waals surface area contributed by atoms with Crippen LogP contribution in [0.1, 0.15) is 50.4 Å². The van der Waals surface area contributed by atoms with Gasteiger partial charge in [-0.05, 0) is 62.4 Å². The molecule has 0 radical (unpaired) electrons. The summed E-state index contributed by atoms with van der Waals surface area (Å²) in [7, 11) is 1.66. The van der Waals surface area contributed by atoms with Gasteiger partial charge in [-0.2, -0.15) is 0 Å². The standard InChI is InChI=1S/C29H36N4O4S/c1-3-37-28(35)23-16-18-32(19-17-23)27(34)11-7-8-20-38-29-31-30-26(21-22-9-5-4-6-10-22)33(29)24-12-14-25(36-2)15-13-24/h4-6,9-10,12-15,23H,3,7-8,11,16-21H2,1-2H3. The van der Waals surface area contributed by atoms with Crippen molar-refractivity contribution in [1.29, 1.82) is 0 Å². The highest BCUT2D eigenvalue weighted by Gasteiger charge is 2.27. The van der Waals surface area contributed by atoms with Crippen molar-refractivity contribution in [2.24, 2.45) is 5.92 Å². The molecule has 9 heteroatoms. The van der Waals surface area contributed by atoms with Crippen molar-refractivity contribution >= 4 is 23.6 Å². The van der Waals surface area contributed by atoms with E-state index >= 15 is 0 Å². The molecule has 1 fully saturated rings. The minimum Gasteiger partial charge on any atom is -0.497 e. The first-order valence-electron chi connectivity index (χ1n) is 13.3. The number of carbonyl (C=O) groups is 2. The monoisotopic (exact) mass is 536 g/mol. The second-order valence-electron chi connectivity index (χ2n) is 9.31. The first-order chi connectivity index (χ1) is 18.6. The van der Waals surface area contributed by atoms with Crippen molar-refractivity contribution in [1.82, 2.24) is 19.7 Å². The molecule has 2 heterocycles. The smallest absolute Gasteiger partial charge is 0.309 e. The summed E-state index contributed by atoms with van der Waals surface area (Å²) < 4.78 is 12.6. The van der Waals surface area contributed by atoms with Gasteiger partial charge in [-0.1, -0.05) is 42.1 Å². The summed E-state index contributed by atoms with van der Waals surface area (Å²) in [5, 5.41) is 9.86. The van der Waals surface area contributed by atoms with Crippen LogP contribution in [0.2, 0.25) is 0 Å². The Morgan fingerprint density at radius 2 is 1.74 bits per heavy atom. The second kappa shape index (κ2) is 14.0. The molecule has 1 aliphatic rings. The number of hydrogen-bond acceptors (Lipinski definition) is 7. The van der Waals surface area contributed by atoms with Crippen LogP contribution < -0.4 is 4.74 Å². The third-order valence-corrected chi connectivity index (χ3v) is 7.74.